The number of ether oxygens (including phenoxy) is 4. The van der Waals surface area contributed by atoms with E-state index < -0.39 is 0 Å². The fourth-order valence-electron chi connectivity index (χ4n) is 3.54. The van der Waals surface area contributed by atoms with Gasteiger partial charge in [0.15, 0.2) is 11.5 Å². The van der Waals surface area contributed by atoms with E-state index in [1.807, 2.05) is 24.3 Å². The third-order valence-corrected chi connectivity index (χ3v) is 5.19. The van der Waals surface area contributed by atoms with Crippen LogP contribution in [0.4, 0.5) is 11.4 Å². The van der Waals surface area contributed by atoms with Crippen molar-refractivity contribution in [2.24, 2.45) is 0 Å². The van der Waals surface area contributed by atoms with Crippen LogP contribution in [0.5, 0.6) is 17.2 Å². The molecule has 2 aromatic carbocycles. The van der Waals surface area contributed by atoms with Crippen LogP contribution in [0.25, 0.3) is 0 Å². The van der Waals surface area contributed by atoms with Crippen molar-refractivity contribution in [3.8, 4) is 17.2 Å². The van der Waals surface area contributed by atoms with Crippen LogP contribution < -0.4 is 24.4 Å². The summed E-state index contributed by atoms with van der Waals surface area (Å²) < 4.78 is 21.3. The van der Waals surface area contributed by atoms with Crippen molar-refractivity contribution < 1.29 is 28.5 Å². The molecular weight excluding hydrogens is 414 g/mol. The number of nitrogens with one attached hydrogen (secondary N) is 1. The summed E-state index contributed by atoms with van der Waals surface area (Å²) in [7, 11) is 5.97. The highest BCUT2D eigenvalue weighted by atomic mass is 16.5. The fourth-order valence-corrected chi connectivity index (χ4v) is 3.54. The van der Waals surface area contributed by atoms with E-state index >= 15 is 0 Å². The van der Waals surface area contributed by atoms with E-state index in [0.717, 1.165) is 18.8 Å². The minimum absolute atomic E-state index is 0.123. The first-order valence-electron chi connectivity index (χ1n) is 10.3. The van der Waals surface area contributed by atoms with Gasteiger partial charge in [-0.3, -0.25) is 9.59 Å². The molecule has 0 unspecified atom stereocenters. The van der Waals surface area contributed by atoms with Gasteiger partial charge >= 0.3 is 0 Å². The van der Waals surface area contributed by atoms with Gasteiger partial charge in [-0.15, -0.1) is 0 Å². The molecule has 2 amide bonds. The Morgan fingerprint density at radius 2 is 1.62 bits per heavy atom. The average Bonchev–Trinajstić information content (AvgIpc) is 2.83. The summed E-state index contributed by atoms with van der Waals surface area (Å²) in [6.07, 6.45) is 0. The topological polar surface area (TPSA) is 89.6 Å². The molecular formula is C23H29N3O6. The van der Waals surface area contributed by atoms with Crippen molar-refractivity contribution in [1.82, 2.24) is 4.90 Å². The van der Waals surface area contributed by atoms with Gasteiger partial charge in [-0.05, 0) is 36.4 Å². The smallest absolute Gasteiger partial charge is 0.257 e. The second-order valence-corrected chi connectivity index (χ2v) is 7.24. The van der Waals surface area contributed by atoms with E-state index in [0.29, 0.717) is 30.4 Å². The van der Waals surface area contributed by atoms with Crippen LogP contribution in [-0.4, -0.2) is 77.9 Å². The maximum absolute atomic E-state index is 13.0. The zero-order valence-corrected chi connectivity index (χ0v) is 18.8. The second-order valence-electron chi connectivity index (χ2n) is 7.24. The predicted octanol–water partition coefficient (Wildman–Crippen LogP) is 2.26. The molecule has 3 rings (SSSR count). The molecule has 0 spiro atoms. The van der Waals surface area contributed by atoms with Crippen LogP contribution in [0.15, 0.2) is 36.4 Å². The Labute approximate surface area is 187 Å². The van der Waals surface area contributed by atoms with E-state index in [9.17, 15) is 9.59 Å². The number of nitrogens with zero attached hydrogens (tertiary/aromatic N) is 2. The van der Waals surface area contributed by atoms with Crippen molar-refractivity contribution in [2.75, 3.05) is 71.4 Å². The summed E-state index contributed by atoms with van der Waals surface area (Å²) >= 11 is 0. The Bertz CT molecular complexity index is 941. The summed E-state index contributed by atoms with van der Waals surface area (Å²) in [6.45, 7) is 2.99. The number of hydrogen-bond acceptors (Lipinski definition) is 7. The Morgan fingerprint density at radius 3 is 2.22 bits per heavy atom. The molecule has 0 bridgehead atoms. The maximum Gasteiger partial charge on any atom is 0.257 e. The SMILES string of the molecule is COc1ccc(C(=O)N(C)CC(=O)Nc2ccc(N3CCOCC3)cc2)c(OC)c1OC. The third-order valence-electron chi connectivity index (χ3n) is 5.19. The number of carbonyl (C=O) groups excluding carboxylic acids is 2. The first-order valence-corrected chi connectivity index (χ1v) is 10.3. The number of amides is 2. The Kier molecular flexibility index (Phi) is 7.77. The summed E-state index contributed by atoms with van der Waals surface area (Å²) in [5, 5.41) is 2.83. The monoisotopic (exact) mass is 443 g/mol. The van der Waals surface area contributed by atoms with E-state index in [-0.39, 0.29) is 29.7 Å². The standard InChI is InChI=1S/C23H29N3O6/c1-25(23(28)18-9-10-19(29-2)22(31-4)21(18)30-3)15-20(27)24-16-5-7-17(8-6-16)26-11-13-32-14-12-26/h5-10H,11-15H2,1-4H3,(H,24,27). The van der Waals surface area contributed by atoms with Gasteiger partial charge in [0.25, 0.3) is 5.91 Å². The highest BCUT2D eigenvalue weighted by molar-refractivity contribution is 6.01. The molecule has 9 heteroatoms. The first-order chi connectivity index (χ1) is 15.5. The van der Waals surface area contributed by atoms with E-state index in [1.165, 1.54) is 26.2 Å². The van der Waals surface area contributed by atoms with Crippen LogP contribution in [0.2, 0.25) is 0 Å². The zero-order chi connectivity index (χ0) is 23.1. The number of carbonyl (C=O) groups is 2. The molecule has 1 heterocycles. The number of likely N-dealkylation sites (N-methyl/N-ethyl adjacent to an activating group) is 1. The molecule has 1 N–H and O–H groups in total. The number of hydrogen-bond donors (Lipinski definition) is 1. The average molecular weight is 444 g/mol. The largest absolute Gasteiger partial charge is 0.493 e. The van der Waals surface area contributed by atoms with Gasteiger partial charge < -0.3 is 34.1 Å². The summed E-state index contributed by atoms with van der Waals surface area (Å²) in [4.78, 5) is 29.0. The maximum atomic E-state index is 13.0. The molecule has 2 aromatic rings. The first kappa shape index (κ1) is 23.2. The highest BCUT2D eigenvalue weighted by Crippen LogP contribution is 2.40. The van der Waals surface area contributed by atoms with Crippen molar-refractivity contribution in [3.63, 3.8) is 0 Å². The zero-order valence-electron chi connectivity index (χ0n) is 18.8. The number of rotatable bonds is 8. The van der Waals surface area contributed by atoms with Crippen LogP contribution in [0.1, 0.15) is 10.4 Å². The van der Waals surface area contributed by atoms with Gasteiger partial charge in [0.05, 0.1) is 46.7 Å². The Hall–Kier alpha value is -3.46. The van der Waals surface area contributed by atoms with Crippen molar-refractivity contribution in [2.45, 2.75) is 0 Å². The quantitative estimate of drug-likeness (QED) is 0.669. The van der Waals surface area contributed by atoms with E-state index in [1.54, 1.807) is 19.2 Å². The van der Waals surface area contributed by atoms with Crippen molar-refractivity contribution in [3.05, 3.63) is 42.0 Å². The lowest BCUT2D eigenvalue weighted by Gasteiger charge is -2.28. The van der Waals surface area contributed by atoms with Crippen LogP contribution in [0, 0.1) is 0 Å². The van der Waals surface area contributed by atoms with Crippen molar-refractivity contribution >= 4 is 23.2 Å². The molecule has 0 aromatic heterocycles. The Morgan fingerprint density at radius 1 is 0.969 bits per heavy atom. The lowest BCUT2D eigenvalue weighted by atomic mass is 10.1. The minimum Gasteiger partial charge on any atom is -0.493 e. The predicted molar refractivity (Wildman–Crippen MR) is 121 cm³/mol. The molecule has 0 aliphatic carbocycles. The molecule has 0 atom stereocenters. The van der Waals surface area contributed by atoms with Crippen LogP contribution in [-0.2, 0) is 9.53 Å². The molecule has 0 saturated carbocycles. The summed E-state index contributed by atoms with van der Waals surface area (Å²) in [5.41, 5.74) is 2.02. The normalized spacial score (nSPS) is 13.3. The van der Waals surface area contributed by atoms with E-state index in [2.05, 4.69) is 10.2 Å². The van der Waals surface area contributed by atoms with Gasteiger partial charge in [-0.25, -0.2) is 0 Å². The molecule has 32 heavy (non-hydrogen) atoms. The second kappa shape index (κ2) is 10.7. The molecule has 9 nitrogen and oxygen atoms in total. The van der Waals surface area contributed by atoms with Crippen molar-refractivity contribution in [1.29, 1.82) is 0 Å². The van der Waals surface area contributed by atoms with Crippen LogP contribution >= 0.6 is 0 Å². The molecule has 1 aliphatic heterocycles. The van der Waals surface area contributed by atoms with Gasteiger partial charge in [-0.1, -0.05) is 0 Å². The number of morpholine rings is 1. The Balaban J connectivity index is 1.63. The van der Waals surface area contributed by atoms with Gasteiger partial charge in [0.1, 0.15) is 0 Å². The van der Waals surface area contributed by atoms with Crippen LogP contribution in [0.3, 0.4) is 0 Å². The summed E-state index contributed by atoms with van der Waals surface area (Å²) in [6, 6.07) is 10.8. The molecule has 1 aliphatic rings. The lowest BCUT2D eigenvalue weighted by molar-refractivity contribution is -0.116. The summed E-state index contributed by atoms with van der Waals surface area (Å²) in [5.74, 6) is 0.337. The number of anilines is 2. The minimum atomic E-state index is -0.374. The van der Waals surface area contributed by atoms with Gasteiger partial charge in [0.2, 0.25) is 11.7 Å². The molecule has 172 valence electrons. The lowest BCUT2D eigenvalue weighted by Crippen LogP contribution is -2.36. The highest BCUT2D eigenvalue weighted by Gasteiger charge is 2.24. The number of methoxy groups -OCH3 is 3. The van der Waals surface area contributed by atoms with Gasteiger partial charge in [0, 0.05) is 31.5 Å². The fraction of sp³-hybridized carbons (Fsp3) is 0.391. The molecule has 1 fully saturated rings. The molecule has 1 saturated heterocycles. The van der Waals surface area contributed by atoms with E-state index in [4.69, 9.17) is 18.9 Å². The number of benzene rings is 2. The third kappa shape index (κ3) is 5.23. The van der Waals surface area contributed by atoms with Gasteiger partial charge in [-0.2, -0.15) is 0 Å². The molecule has 0 radical (unpaired) electrons.